The van der Waals surface area contributed by atoms with Crippen LogP contribution in [0.15, 0.2) is 36.4 Å². The number of ether oxygens (including phenoxy) is 1. The Morgan fingerprint density at radius 2 is 2.00 bits per heavy atom. The van der Waals surface area contributed by atoms with E-state index in [1.165, 1.54) is 6.07 Å². The van der Waals surface area contributed by atoms with E-state index >= 15 is 0 Å². The number of rotatable bonds is 5. The fraction of sp³-hybridized carbons (Fsp3) is 0.250. The summed E-state index contributed by atoms with van der Waals surface area (Å²) in [6, 6.07) is 8.41. The predicted molar refractivity (Wildman–Crippen MR) is 79.6 cm³/mol. The number of halogens is 3. The first-order chi connectivity index (χ1) is 10.0. The van der Waals surface area contributed by atoms with Gasteiger partial charge in [-0.3, -0.25) is 0 Å². The Balaban J connectivity index is 2.15. The Bertz CT molecular complexity index is 634. The number of hydrogen-bond acceptors (Lipinski definition) is 2. The lowest BCUT2D eigenvalue weighted by atomic mass is 10.1. The molecule has 21 heavy (non-hydrogen) atoms. The molecule has 0 fully saturated rings. The Hall–Kier alpha value is -1.65. The van der Waals surface area contributed by atoms with Gasteiger partial charge in [-0.25, -0.2) is 8.78 Å². The van der Waals surface area contributed by atoms with Gasteiger partial charge in [0.25, 0.3) is 0 Å². The molecule has 0 spiro atoms. The molecule has 2 rings (SSSR count). The predicted octanol–water partition coefficient (Wildman–Crippen LogP) is 4.48. The summed E-state index contributed by atoms with van der Waals surface area (Å²) in [5.74, 6) is -0.250. The minimum atomic E-state index is -0.463. The van der Waals surface area contributed by atoms with Crippen molar-refractivity contribution in [3.63, 3.8) is 0 Å². The van der Waals surface area contributed by atoms with Crippen LogP contribution in [-0.2, 0) is 6.54 Å². The Morgan fingerprint density at radius 1 is 1.24 bits per heavy atom. The smallest absolute Gasteiger partial charge is 0.128 e. The van der Waals surface area contributed by atoms with Gasteiger partial charge < -0.3 is 10.1 Å². The average Bonchev–Trinajstić information content (AvgIpc) is 2.47. The summed E-state index contributed by atoms with van der Waals surface area (Å²) in [5, 5.41) is 3.69. The first-order valence-electron chi connectivity index (χ1n) is 6.52. The number of benzene rings is 2. The summed E-state index contributed by atoms with van der Waals surface area (Å²) >= 11 is 6.14. The van der Waals surface area contributed by atoms with E-state index in [4.69, 9.17) is 16.3 Å². The molecule has 0 saturated carbocycles. The molecule has 0 saturated heterocycles. The van der Waals surface area contributed by atoms with Gasteiger partial charge >= 0.3 is 0 Å². The first-order valence-corrected chi connectivity index (χ1v) is 6.90. The van der Waals surface area contributed by atoms with Crippen molar-refractivity contribution in [3.8, 4) is 5.75 Å². The van der Waals surface area contributed by atoms with E-state index in [1.54, 1.807) is 32.2 Å². The molecule has 1 unspecified atom stereocenters. The molecular weight excluding hydrogens is 296 g/mol. The fourth-order valence-electron chi connectivity index (χ4n) is 2.11. The van der Waals surface area contributed by atoms with Crippen molar-refractivity contribution < 1.29 is 13.5 Å². The lowest BCUT2D eigenvalue weighted by molar-refractivity contribution is 0.405. The van der Waals surface area contributed by atoms with Crippen molar-refractivity contribution in [2.24, 2.45) is 0 Å². The van der Waals surface area contributed by atoms with Gasteiger partial charge in [0.05, 0.1) is 7.11 Å². The molecule has 0 heterocycles. The van der Waals surface area contributed by atoms with Crippen molar-refractivity contribution >= 4 is 11.6 Å². The molecule has 1 N–H and O–H groups in total. The zero-order valence-corrected chi connectivity index (χ0v) is 12.5. The van der Waals surface area contributed by atoms with Crippen LogP contribution in [-0.4, -0.2) is 7.11 Å². The minimum Gasteiger partial charge on any atom is -0.496 e. The molecule has 0 amide bonds. The standard InChI is InChI=1S/C16H16ClF2NO/c1-10(12-8-11(18)6-7-15(12)19)20-9-13-14(17)4-3-5-16(13)21-2/h3-8,10,20H,9H2,1-2H3. The highest BCUT2D eigenvalue weighted by Gasteiger charge is 2.14. The molecule has 1 atom stereocenters. The zero-order chi connectivity index (χ0) is 15.4. The quantitative estimate of drug-likeness (QED) is 0.879. The zero-order valence-electron chi connectivity index (χ0n) is 11.8. The van der Waals surface area contributed by atoms with E-state index in [9.17, 15) is 8.78 Å². The summed E-state index contributed by atoms with van der Waals surface area (Å²) in [4.78, 5) is 0. The second-order valence-electron chi connectivity index (χ2n) is 4.69. The van der Waals surface area contributed by atoms with Crippen molar-refractivity contribution in [2.75, 3.05) is 7.11 Å². The molecule has 0 aliphatic carbocycles. The number of hydrogen-bond donors (Lipinski definition) is 1. The molecule has 2 nitrogen and oxygen atoms in total. The Labute approximate surface area is 127 Å². The van der Waals surface area contributed by atoms with Crippen LogP contribution in [0.25, 0.3) is 0 Å². The van der Waals surface area contributed by atoms with Crippen LogP contribution < -0.4 is 10.1 Å². The summed E-state index contributed by atoms with van der Waals surface area (Å²) in [7, 11) is 1.56. The molecule has 5 heteroatoms. The maximum absolute atomic E-state index is 13.7. The highest BCUT2D eigenvalue weighted by Crippen LogP contribution is 2.27. The van der Waals surface area contributed by atoms with Crippen LogP contribution >= 0.6 is 11.6 Å². The molecule has 0 radical (unpaired) electrons. The number of methoxy groups -OCH3 is 1. The van der Waals surface area contributed by atoms with Gasteiger partial charge in [0.15, 0.2) is 0 Å². The minimum absolute atomic E-state index is 0.279. The van der Waals surface area contributed by atoms with Gasteiger partial charge in [-0.15, -0.1) is 0 Å². The molecule has 2 aromatic rings. The van der Waals surface area contributed by atoms with Gasteiger partial charge in [0, 0.05) is 28.7 Å². The topological polar surface area (TPSA) is 21.3 Å². The summed E-state index contributed by atoms with van der Waals surface area (Å²) in [6.07, 6.45) is 0. The maximum atomic E-state index is 13.7. The monoisotopic (exact) mass is 311 g/mol. The van der Waals surface area contributed by atoms with Gasteiger partial charge in [-0.2, -0.15) is 0 Å². The third kappa shape index (κ3) is 3.71. The first kappa shape index (κ1) is 15.7. The van der Waals surface area contributed by atoms with Crippen molar-refractivity contribution in [1.82, 2.24) is 5.32 Å². The van der Waals surface area contributed by atoms with E-state index in [0.717, 1.165) is 17.7 Å². The van der Waals surface area contributed by atoms with E-state index < -0.39 is 11.6 Å². The van der Waals surface area contributed by atoms with E-state index in [0.29, 0.717) is 17.3 Å². The Morgan fingerprint density at radius 3 is 2.71 bits per heavy atom. The summed E-state index contributed by atoms with van der Waals surface area (Å²) in [5.41, 5.74) is 1.06. The normalized spacial score (nSPS) is 12.2. The van der Waals surface area contributed by atoms with Crippen LogP contribution in [0.2, 0.25) is 5.02 Å². The van der Waals surface area contributed by atoms with Crippen LogP contribution in [0.5, 0.6) is 5.75 Å². The molecule has 0 bridgehead atoms. The van der Waals surface area contributed by atoms with Crippen molar-refractivity contribution in [1.29, 1.82) is 0 Å². The molecule has 0 aliphatic rings. The van der Waals surface area contributed by atoms with E-state index in [-0.39, 0.29) is 11.6 Å². The van der Waals surface area contributed by atoms with Crippen LogP contribution in [0.4, 0.5) is 8.78 Å². The largest absolute Gasteiger partial charge is 0.496 e. The van der Waals surface area contributed by atoms with E-state index in [1.807, 2.05) is 0 Å². The van der Waals surface area contributed by atoms with E-state index in [2.05, 4.69) is 5.32 Å². The van der Waals surface area contributed by atoms with Crippen molar-refractivity contribution in [2.45, 2.75) is 19.5 Å². The second kappa shape index (κ2) is 6.87. The second-order valence-corrected chi connectivity index (χ2v) is 5.10. The van der Waals surface area contributed by atoms with Crippen LogP contribution in [0.1, 0.15) is 24.1 Å². The SMILES string of the molecule is COc1cccc(Cl)c1CNC(C)c1cc(F)ccc1F. The lowest BCUT2D eigenvalue weighted by Gasteiger charge is -2.17. The van der Waals surface area contributed by atoms with Gasteiger partial charge in [-0.1, -0.05) is 17.7 Å². The average molecular weight is 312 g/mol. The van der Waals surface area contributed by atoms with Gasteiger partial charge in [-0.05, 0) is 37.3 Å². The molecule has 112 valence electrons. The summed E-state index contributed by atoms with van der Waals surface area (Å²) in [6.45, 7) is 2.15. The Kier molecular flexibility index (Phi) is 5.15. The highest BCUT2D eigenvalue weighted by molar-refractivity contribution is 6.31. The third-order valence-electron chi connectivity index (χ3n) is 3.31. The molecule has 0 aliphatic heterocycles. The third-order valence-corrected chi connectivity index (χ3v) is 3.66. The molecular formula is C16H16ClF2NO. The fourth-order valence-corrected chi connectivity index (χ4v) is 2.35. The van der Waals surface area contributed by atoms with Crippen molar-refractivity contribution in [3.05, 3.63) is 64.2 Å². The van der Waals surface area contributed by atoms with Gasteiger partial charge in [0.1, 0.15) is 17.4 Å². The molecule has 2 aromatic carbocycles. The maximum Gasteiger partial charge on any atom is 0.128 e. The highest BCUT2D eigenvalue weighted by atomic mass is 35.5. The number of nitrogens with one attached hydrogen (secondary N) is 1. The lowest BCUT2D eigenvalue weighted by Crippen LogP contribution is -2.20. The van der Waals surface area contributed by atoms with Crippen LogP contribution in [0, 0.1) is 11.6 Å². The van der Waals surface area contributed by atoms with Gasteiger partial charge in [0.2, 0.25) is 0 Å². The van der Waals surface area contributed by atoms with Crippen LogP contribution in [0.3, 0.4) is 0 Å². The summed E-state index contributed by atoms with van der Waals surface area (Å²) < 4.78 is 32.2. The molecule has 0 aromatic heterocycles.